The van der Waals surface area contributed by atoms with Crippen molar-refractivity contribution in [1.29, 1.82) is 0 Å². The molecule has 1 aliphatic rings. The van der Waals surface area contributed by atoms with Crippen molar-refractivity contribution >= 4 is 16.8 Å². The highest BCUT2D eigenvalue weighted by Gasteiger charge is 2.36. The Balaban J connectivity index is 1.87. The molecule has 2 atom stereocenters. The first-order chi connectivity index (χ1) is 12.9. The lowest BCUT2D eigenvalue weighted by Gasteiger charge is -2.23. The van der Waals surface area contributed by atoms with E-state index in [0.717, 1.165) is 10.9 Å². The Kier molecular flexibility index (Phi) is 5.94. The van der Waals surface area contributed by atoms with E-state index in [9.17, 15) is 14.7 Å². The van der Waals surface area contributed by atoms with Crippen molar-refractivity contribution in [1.82, 2.24) is 14.8 Å². The van der Waals surface area contributed by atoms with E-state index < -0.39 is 0 Å². The average Bonchev–Trinajstić information content (AvgIpc) is 3.03. The molecule has 1 aromatic carbocycles. The number of benzene rings is 1. The number of fused-ring (bicyclic) bond motifs is 1. The summed E-state index contributed by atoms with van der Waals surface area (Å²) in [5, 5.41) is 19.6. The number of nitrogens with zero attached hydrogens (tertiary/aromatic N) is 2. The van der Waals surface area contributed by atoms with Gasteiger partial charge < -0.3 is 25.0 Å². The van der Waals surface area contributed by atoms with E-state index in [2.05, 4.69) is 4.98 Å². The van der Waals surface area contributed by atoms with Crippen LogP contribution in [0, 0.1) is 18.8 Å². The molecule has 0 spiro atoms. The number of rotatable bonds is 6. The van der Waals surface area contributed by atoms with Gasteiger partial charge in [0.25, 0.3) is 5.91 Å². The summed E-state index contributed by atoms with van der Waals surface area (Å²) in [7, 11) is 1.92. The zero-order valence-corrected chi connectivity index (χ0v) is 15.8. The van der Waals surface area contributed by atoms with Crippen LogP contribution in [0.15, 0.2) is 29.1 Å². The lowest BCUT2D eigenvalue weighted by Crippen LogP contribution is -2.33. The average molecular weight is 373 g/mol. The predicted molar refractivity (Wildman–Crippen MR) is 104 cm³/mol. The molecule has 2 heterocycles. The predicted octanol–water partition coefficient (Wildman–Crippen LogP) is 0.441. The lowest BCUT2D eigenvalue weighted by atomic mass is 9.96. The number of aromatic nitrogens is 1. The number of aryl methyl sites for hydroxylation is 1. The van der Waals surface area contributed by atoms with Crippen molar-refractivity contribution < 1.29 is 15.0 Å². The number of aliphatic hydroxyl groups excluding tert-OH is 2. The molecular weight excluding hydrogens is 346 g/mol. The van der Waals surface area contributed by atoms with Crippen LogP contribution in [0.4, 0.5) is 0 Å². The lowest BCUT2D eigenvalue weighted by molar-refractivity contribution is 0.0780. The van der Waals surface area contributed by atoms with Gasteiger partial charge in [-0.1, -0.05) is 11.6 Å². The van der Waals surface area contributed by atoms with Gasteiger partial charge in [0.2, 0.25) is 5.56 Å². The van der Waals surface area contributed by atoms with Gasteiger partial charge in [-0.25, -0.2) is 0 Å². The molecule has 7 nitrogen and oxygen atoms in total. The summed E-state index contributed by atoms with van der Waals surface area (Å²) in [5.74, 6) is -0.0574. The molecule has 27 heavy (non-hydrogen) atoms. The number of amides is 1. The molecular formula is C20H27N3O4. The third kappa shape index (κ3) is 4.21. The van der Waals surface area contributed by atoms with Crippen LogP contribution in [0.5, 0.6) is 0 Å². The van der Waals surface area contributed by atoms with Gasteiger partial charge in [0.1, 0.15) is 0 Å². The first-order valence-corrected chi connectivity index (χ1v) is 9.26. The molecule has 1 fully saturated rings. The van der Waals surface area contributed by atoms with Crippen molar-refractivity contribution in [2.24, 2.45) is 11.8 Å². The fourth-order valence-electron chi connectivity index (χ4n) is 3.90. The minimum atomic E-state index is -0.299. The van der Waals surface area contributed by atoms with Crippen molar-refractivity contribution in [3.05, 3.63) is 45.7 Å². The van der Waals surface area contributed by atoms with Gasteiger partial charge >= 0.3 is 0 Å². The summed E-state index contributed by atoms with van der Waals surface area (Å²) >= 11 is 0. The molecule has 2 aromatic rings. The highest BCUT2D eigenvalue weighted by molar-refractivity contribution is 6.06. The number of carbonyl (C=O) groups is 1. The Labute approximate surface area is 158 Å². The molecule has 1 amide bonds. The fraction of sp³-hybridized carbons (Fsp3) is 0.500. The quantitative estimate of drug-likeness (QED) is 0.683. The molecule has 0 bridgehead atoms. The maximum Gasteiger partial charge on any atom is 0.254 e. The normalized spacial score (nSPS) is 20.0. The minimum absolute atomic E-state index is 0.00918. The second-order valence-electron chi connectivity index (χ2n) is 7.50. The summed E-state index contributed by atoms with van der Waals surface area (Å²) in [4.78, 5) is 31.7. The maximum atomic E-state index is 13.2. The molecule has 146 valence electrons. The van der Waals surface area contributed by atoms with E-state index >= 15 is 0 Å². The second kappa shape index (κ2) is 8.21. The highest BCUT2D eigenvalue weighted by atomic mass is 16.3. The number of likely N-dealkylation sites (N-methyl/N-ethyl adjacent to an activating group) is 1. The minimum Gasteiger partial charge on any atom is -0.396 e. The zero-order valence-electron chi connectivity index (χ0n) is 15.8. The smallest absolute Gasteiger partial charge is 0.254 e. The number of likely N-dealkylation sites (tertiary alicyclic amines) is 1. The van der Waals surface area contributed by atoms with Crippen LogP contribution in [0.25, 0.3) is 10.9 Å². The van der Waals surface area contributed by atoms with Crippen LogP contribution < -0.4 is 5.56 Å². The molecule has 0 saturated carbocycles. The third-order valence-corrected chi connectivity index (χ3v) is 5.36. The van der Waals surface area contributed by atoms with Crippen molar-refractivity contribution in [2.45, 2.75) is 6.92 Å². The van der Waals surface area contributed by atoms with E-state index in [0.29, 0.717) is 37.3 Å². The van der Waals surface area contributed by atoms with Gasteiger partial charge in [-0.3, -0.25) is 9.59 Å². The van der Waals surface area contributed by atoms with Gasteiger partial charge in [-0.05, 0) is 32.0 Å². The van der Waals surface area contributed by atoms with E-state index in [1.807, 2.05) is 37.1 Å². The number of hydrogen-bond donors (Lipinski definition) is 3. The van der Waals surface area contributed by atoms with E-state index in [1.165, 1.54) is 6.07 Å². The number of carbonyl (C=O) groups excluding carboxylic acids is 1. The number of aliphatic hydroxyl groups is 2. The third-order valence-electron chi connectivity index (χ3n) is 5.36. The Morgan fingerprint density at radius 3 is 2.70 bits per heavy atom. The number of pyridine rings is 1. The molecule has 0 radical (unpaired) electrons. The van der Waals surface area contributed by atoms with Crippen LogP contribution in [0.3, 0.4) is 0 Å². The summed E-state index contributed by atoms with van der Waals surface area (Å²) in [6, 6.07) is 6.99. The van der Waals surface area contributed by atoms with Gasteiger partial charge in [-0.2, -0.15) is 0 Å². The Morgan fingerprint density at radius 1 is 1.26 bits per heavy atom. The topological polar surface area (TPSA) is 96.9 Å². The number of hydrogen-bond acceptors (Lipinski definition) is 5. The van der Waals surface area contributed by atoms with Crippen molar-refractivity contribution in [3.63, 3.8) is 0 Å². The van der Waals surface area contributed by atoms with Gasteiger partial charge in [0.05, 0.1) is 12.2 Å². The molecule has 0 aliphatic carbocycles. The first kappa shape index (κ1) is 19.5. The molecule has 7 heteroatoms. The second-order valence-corrected chi connectivity index (χ2v) is 7.50. The van der Waals surface area contributed by atoms with Gasteiger partial charge in [0.15, 0.2) is 0 Å². The molecule has 3 rings (SSSR count). The largest absolute Gasteiger partial charge is 0.396 e. The van der Waals surface area contributed by atoms with Gasteiger partial charge in [-0.15, -0.1) is 0 Å². The fourth-order valence-corrected chi connectivity index (χ4v) is 3.90. The van der Waals surface area contributed by atoms with Crippen molar-refractivity contribution in [2.75, 3.05) is 46.4 Å². The van der Waals surface area contributed by atoms with Crippen LogP contribution in [-0.4, -0.2) is 77.3 Å². The standard InChI is InChI=1S/C20H27N3O4/c1-13-3-4-18-16(7-13)17(8-19(26)21-18)20(27)23-10-14(15(11-23)12-25)9-22(2)5-6-24/h3-4,7-8,14-15,24-25H,5-6,9-12H2,1-2H3,(H,21,26)/t14-,15-/m1/s1. The van der Waals surface area contributed by atoms with Crippen LogP contribution in [0.2, 0.25) is 0 Å². The maximum absolute atomic E-state index is 13.2. The van der Waals surface area contributed by atoms with E-state index in [-0.39, 0.29) is 36.5 Å². The SMILES string of the molecule is Cc1ccc2[nH]c(=O)cc(C(=O)N3C[C@@H](CN(C)CCO)[C@@H](CO)C3)c2c1. The molecule has 1 saturated heterocycles. The molecule has 0 unspecified atom stereocenters. The number of nitrogens with one attached hydrogen (secondary N) is 1. The van der Waals surface area contributed by atoms with Crippen LogP contribution in [-0.2, 0) is 0 Å². The van der Waals surface area contributed by atoms with E-state index in [4.69, 9.17) is 5.11 Å². The number of H-pyrrole nitrogens is 1. The summed E-state index contributed by atoms with van der Waals surface area (Å²) in [6.07, 6.45) is 0. The summed E-state index contributed by atoms with van der Waals surface area (Å²) in [5.41, 5.74) is 1.76. The van der Waals surface area contributed by atoms with Crippen LogP contribution >= 0.6 is 0 Å². The summed E-state index contributed by atoms with van der Waals surface area (Å²) < 4.78 is 0. The Bertz CT molecular complexity index is 879. The molecule has 1 aromatic heterocycles. The van der Waals surface area contributed by atoms with Gasteiger partial charge in [0, 0.05) is 55.7 Å². The van der Waals surface area contributed by atoms with E-state index in [1.54, 1.807) is 4.90 Å². The summed E-state index contributed by atoms with van der Waals surface area (Å²) in [6.45, 7) is 4.28. The number of aromatic amines is 1. The first-order valence-electron chi connectivity index (χ1n) is 9.26. The van der Waals surface area contributed by atoms with Crippen molar-refractivity contribution in [3.8, 4) is 0 Å². The van der Waals surface area contributed by atoms with Crippen LogP contribution in [0.1, 0.15) is 15.9 Å². The zero-order chi connectivity index (χ0) is 19.6. The molecule has 3 N–H and O–H groups in total. The molecule has 1 aliphatic heterocycles. The monoisotopic (exact) mass is 373 g/mol. The highest BCUT2D eigenvalue weighted by Crippen LogP contribution is 2.27. The Hall–Kier alpha value is -2.22. The Morgan fingerprint density at radius 2 is 2.00 bits per heavy atom.